The topological polar surface area (TPSA) is 82.3 Å². The van der Waals surface area contributed by atoms with Crippen LogP contribution in [-0.2, 0) is 6.18 Å². The molecule has 1 fully saturated rings. The molecule has 2 aliphatic rings. The average molecular weight is 352 g/mol. The zero-order chi connectivity index (χ0) is 17.6. The Morgan fingerprint density at radius 3 is 2.48 bits per heavy atom. The van der Waals surface area contributed by atoms with Gasteiger partial charge in [0.05, 0.1) is 5.69 Å². The predicted octanol–water partition coefficient (Wildman–Crippen LogP) is 3.47. The van der Waals surface area contributed by atoms with Gasteiger partial charge in [0, 0.05) is 17.7 Å². The van der Waals surface area contributed by atoms with Crippen LogP contribution in [0.5, 0.6) is 11.5 Å². The molecule has 1 saturated carbocycles. The van der Waals surface area contributed by atoms with Gasteiger partial charge in [0.1, 0.15) is 24.6 Å². The summed E-state index contributed by atoms with van der Waals surface area (Å²) in [6, 6.07) is 5.11. The van der Waals surface area contributed by atoms with Crippen molar-refractivity contribution in [1.29, 1.82) is 0 Å². The van der Waals surface area contributed by atoms with E-state index in [2.05, 4.69) is 15.3 Å². The summed E-state index contributed by atoms with van der Waals surface area (Å²) in [6.07, 6.45) is -3.23. The van der Waals surface area contributed by atoms with Crippen LogP contribution in [0.15, 0.2) is 18.2 Å². The van der Waals surface area contributed by atoms with Gasteiger partial charge in [0.15, 0.2) is 11.5 Å². The van der Waals surface area contributed by atoms with E-state index >= 15 is 0 Å². The largest absolute Gasteiger partial charge is 0.486 e. The van der Waals surface area contributed by atoms with Crippen LogP contribution in [0.2, 0.25) is 0 Å². The van der Waals surface area contributed by atoms with E-state index in [1.165, 1.54) is 0 Å². The quantitative estimate of drug-likeness (QED) is 0.880. The second-order valence-corrected chi connectivity index (χ2v) is 5.95. The van der Waals surface area contributed by atoms with E-state index in [9.17, 15) is 13.2 Å². The minimum absolute atomic E-state index is 0.0316. The van der Waals surface area contributed by atoms with Gasteiger partial charge in [-0.25, -0.2) is 4.98 Å². The molecule has 9 heteroatoms. The number of halogens is 3. The molecule has 0 atom stereocenters. The fraction of sp³-hybridized carbons (Fsp3) is 0.375. The molecule has 3 N–H and O–H groups in total. The van der Waals surface area contributed by atoms with Crippen LogP contribution in [0, 0.1) is 0 Å². The minimum Gasteiger partial charge on any atom is -0.486 e. The lowest BCUT2D eigenvalue weighted by Crippen LogP contribution is -2.17. The Kier molecular flexibility index (Phi) is 3.59. The molecule has 2 heterocycles. The summed E-state index contributed by atoms with van der Waals surface area (Å²) >= 11 is 0. The number of nitrogens with zero attached hydrogens (tertiary/aromatic N) is 2. The molecule has 0 amide bonds. The number of anilines is 3. The molecule has 0 spiro atoms. The molecule has 25 heavy (non-hydrogen) atoms. The molecule has 0 bridgehead atoms. The number of alkyl halides is 3. The molecule has 1 aromatic carbocycles. The van der Waals surface area contributed by atoms with Crippen molar-refractivity contribution in [3.05, 3.63) is 29.5 Å². The highest BCUT2D eigenvalue weighted by atomic mass is 19.4. The molecule has 0 unspecified atom stereocenters. The van der Waals surface area contributed by atoms with Gasteiger partial charge in [-0.05, 0) is 25.0 Å². The summed E-state index contributed by atoms with van der Waals surface area (Å²) < 4.78 is 50.6. The lowest BCUT2D eigenvalue weighted by Gasteiger charge is -2.19. The summed E-state index contributed by atoms with van der Waals surface area (Å²) in [5, 5.41) is 2.89. The number of ether oxygens (including phenoxy) is 2. The molecule has 1 aliphatic carbocycles. The van der Waals surface area contributed by atoms with E-state index in [1.807, 2.05) is 0 Å². The number of fused-ring (bicyclic) bond motifs is 1. The molecule has 132 valence electrons. The third kappa shape index (κ3) is 3.13. The number of nitrogens with two attached hydrogens (primary N) is 1. The third-order valence-electron chi connectivity index (χ3n) is 4.01. The highest BCUT2D eigenvalue weighted by molar-refractivity contribution is 5.62. The van der Waals surface area contributed by atoms with Crippen molar-refractivity contribution in [3.63, 3.8) is 0 Å². The normalized spacial score (nSPS) is 16.6. The first-order valence-electron chi connectivity index (χ1n) is 7.83. The SMILES string of the molecule is Nc1nc(Nc2ccc3c(c2)OCCO3)nc(C2CC2)c1C(F)(F)F. The van der Waals surface area contributed by atoms with Crippen LogP contribution >= 0.6 is 0 Å². The van der Waals surface area contributed by atoms with E-state index in [4.69, 9.17) is 15.2 Å². The molecule has 1 aromatic heterocycles. The number of rotatable bonds is 3. The van der Waals surface area contributed by atoms with Crippen LogP contribution in [0.1, 0.15) is 30.0 Å². The first kappa shape index (κ1) is 15.8. The number of benzene rings is 1. The standard InChI is InChI=1S/C16H15F3N4O2/c17-16(18,19)12-13(8-1-2-8)22-15(23-14(12)20)21-9-3-4-10-11(7-9)25-6-5-24-10/h3-4,7-8H,1-2,5-6H2,(H3,20,21,22,23). The first-order valence-corrected chi connectivity index (χ1v) is 7.83. The van der Waals surface area contributed by atoms with Gasteiger partial charge in [-0.1, -0.05) is 0 Å². The van der Waals surface area contributed by atoms with Crippen molar-refractivity contribution >= 4 is 17.5 Å². The number of hydrogen-bond acceptors (Lipinski definition) is 6. The van der Waals surface area contributed by atoms with Crippen LogP contribution < -0.4 is 20.5 Å². The Labute approximate surface area is 141 Å². The lowest BCUT2D eigenvalue weighted by atomic mass is 10.1. The molecule has 0 radical (unpaired) electrons. The zero-order valence-corrected chi connectivity index (χ0v) is 13.1. The summed E-state index contributed by atoms with van der Waals surface area (Å²) in [5.74, 6) is 0.415. The molecule has 4 rings (SSSR count). The van der Waals surface area contributed by atoms with Gasteiger partial charge in [0.2, 0.25) is 5.95 Å². The van der Waals surface area contributed by atoms with Crippen LogP contribution in [0.3, 0.4) is 0 Å². The molecule has 6 nitrogen and oxygen atoms in total. The van der Waals surface area contributed by atoms with Crippen molar-refractivity contribution in [1.82, 2.24) is 9.97 Å². The fourth-order valence-electron chi connectivity index (χ4n) is 2.74. The van der Waals surface area contributed by atoms with Gasteiger partial charge in [-0.15, -0.1) is 0 Å². The lowest BCUT2D eigenvalue weighted by molar-refractivity contribution is -0.138. The second kappa shape index (κ2) is 5.68. The van der Waals surface area contributed by atoms with E-state index in [1.54, 1.807) is 18.2 Å². The molecular weight excluding hydrogens is 337 g/mol. The number of hydrogen-bond donors (Lipinski definition) is 2. The van der Waals surface area contributed by atoms with Gasteiger partial charge in [0.25, 0.3) is 0 Å². The summed E-state index contributed by atoms with van der Waals surface area (Å²) in [6.45, 7) is 0.912. The monoisotopic (exact) mass is 352 g/mol. The van der Waals surface area contributed by atoms with Crippen molar-refractivity contribution in [2.24, 2.45) is 0 Å². The Hall–Kier alpha value is -2.71. The maximum Gasteiger partial charge on any atom is 0.421 e. The Morgan fingerprint density at radius 1 is 1.08 bits per heavy atom. The number of nitrogens with one attached hydrogen (secondary N) is 1. The Morgan fingerprint density at radius 2 is 1.80 bits per heavy atom. The summed E-state index contributed by atoms with van der Waals surface area (Å²) in [4.78, 5) is 7.86. The highest BCUT2D eigenvalue weighted by Crippen LogP contribution is 2.47. The Bertz CT molecular complexity index is 822. The molecule has 0 saturated heterocycles. The predicted molar refractivity (Wildman–Crippen MR) is 84.1 cm³/mol. The highest BCUT2D eigenvalue weighted by Gasteiger charge is 2.42. The second-order valence-electron chi connectivity index (χ2n) is 5.95. The Balaban J connectivity index is 1.67. The summed E-state index contributed by atoms with van der Waals surface area (Å²) in [5.41, 5.74) is 5.19. The van der Waals surface area contributed by atoms with E-state index in [0.717, 1.165) is 0 Å². The first-order chi connectivity index (χ1) is 11.9. The fourth-order valence-corrected chi connectivity index (χ4v) is 2.74. The number of aromatic nitrogens is 2. The van der Waals surface area contributed by atoms with E-state index in [-0.39, 0.29) is 17.6 Å². The van der Waals surface area contributed by atoms with E-state index < -0.39 is 17.6 Å². The molecular formula is C16H15F3N4O2. The van der Waals surface area contributed by atoms with E-state index in [0.29, 0.717) is 43.2 Å². The molecule has 1 aliphatic heterocycles. The van der Waals surface area contributed by atoms with Crippen LogP contribution in [0.4, 0.5) is 30.6 Å². The van der Waals surface area contributed by atoms with Crippen molar-refractivity contribution in [2.45, 2.75) is 24.9 Å². The maximum absolute atomic E-state index is 13.2. The van der Waals surface area contributed by atoms with Crippen LogP contribution in [-0.4, -0.2) is 23.2 Å². The van der Waals surface area contributed by atoms with Crippen molar-refractivity contribution in [3.8, 4) is 11.5 Å². The third-order valence-corrected chi connectivity index (χ3v) is 4.01. The van der Waals surface area contributed by atoms with Crippen molar-refractivity contribution < 1.29 is 22.6 Å². The average Bonchev–Trinajstić information content (AvgIpc) is 3.37. The summed E-state index contributed by atoms with van der Waals surface area (Å²) in [7, 11) is 0. The van der Waals surface area contributed by atoms with Gasteiger partial charge >= 0.3 is 6.18 Å². The van der Waals surface area contributed by atoms with Gasteiger partial charge in [-0.3, -0.25) is 0 Å². The minimum atomic E-state index is -4.57. The van der Waals surface area contributed by atoms with Crippen molar-refractivity contribution in [2.75, 3.05) is 24.3 Å². The van der Waals surface area contributed by atoms with Crippen LogP contribution in [0.25, 0.3) is 0 Å². The van der Waals surface area contributed by atoms with Gasteiger partial charge < -0.3 is 20.5 Å². The number of nitrogen functional groups attached to an aromatic ring is 1. The van der Waals surface area contributed by atoms with Gasteiger partial charge in [-0.2, -0.15) is 18.2 Å². The molecule has 2 aromatic rings. The zero-order valence-electron chi connectivity index (χ0n) is 13.1. The smallest absolute Gasteiger partial charge is 0.421 e. The maximum atomic E-state index is 13.2.